The fourth-order valence-electron chi connectivity index (χ4n) is 3.52. The Balaban J connectivity index is 1.85. The molecule has 3 aromatic rings. The van der Waals surface area contributed by atoms with Crippen molar-refractivity contribution in [2.45, 2.75) is 46.1 Å². The summed E-state index contributed by atoms with van der Waals surface area (Å²) < 4.78 is 2.10. The van der Waals surface area contributed by atoms with Crippen LogP contribution in [0.1, 0.15) is 43.1 Å². The number of pyridine rings is 1. The molecule has 0 aliphatic heterocycles. The number of nitrogens with zero attached hydrogens (tertiary/aromatic N) is 4. The molecule has 0 saturated carbocycles. The molecule has 4 rings (SSSR count). The molecule has 0 fully saturated rings. The van der Waals surface area contributed by atoms with Crippen LogP contribution in [0.4, 0.5) is 5.82 Å². The second kappa shape index (κ2) is 6.88. The number of nitrogens with one attached hydrogen (secondary N) is 1. The molecular weight excluding hydrogens is 358 g/mol. The Kier molecular flexibility index (Phi) is 4.55. The van der Waals surface area contributed by atoms with E-state index in [9.17, 15) is 4.79 Å². The van der Waals surface area contributed by atoms with Gasteiger partial charge in [-0.1, -0.05) is 0 Å². The van der Waals surface area contributed by atoms with E-state index in [0.29, 0.717) is 6.42 Å². The van der Waals surface area contributed by atoms with Gasteiger partial charge >= 0.3 is 0 Å². The number of fused-ring (bicyclic) bond motifs is 3. The Labute approximate surface area is 162 Å². The van der Waals surface area contributed by atoms with Gasteiger partial charge in [0.1, 0.15) is 16.6 Å². The van der Waals surface area contributed by atoms with Gasteiger partial charge in [-0.3, -0.25) is 9.48 Å². The van der Waals surface area contributed by atoms with Crippen molar-refractivity contribution in [3.8, 4) is 21.8 Å². The predicted molar refractivity (Wildman–Crippen MR) is 108 cm³/mol. The van der Waals surface area contributed by atoms with Gasteiger partial charge in [0.15, 0.2) is 0 Å². The van der Waals surface area contributed by atoms with Crippen molar-refractivity contribution < 1.29 is 4.79 Å². The average Bonchev–Trinajstić information content (AvgIpc) is 3.21. The normalized spacial score (nSPS) is 12.8. The van der Waals surface area contributed by atoms with Crippen LogP contribution in [-0.2, 0) is 24.1 Å². The van der Waals surface area contributed by atoms with Crippen LogP contribution in [0.2, 0.25) is 0 Å². The van der Waals surface area contributed by atoms with Crippen LogP contribution in [0.5, 0.6) is 0 Å². The molecule has 3 aromatic heterocycles. The van der Waals surface area contributed by atoms with E-state index in [1.165, 1.54) is 10.4 Å². The highest BCUT2D eigenvalue weighted by Crippen LogP contribution is 2.43. The smallest absolute Gasteiger partial charge is 0.136 e. The van der Waals surface area contributed by atoms with E-state index in [-0.39, 0.29) is 11.8 Å². The van der Waals surface area contributed by atoms with Crippen LogP contribution >= 0.6 is 11.3 Å². The van der Waals surface area contributed by atoms with Gasteiger partial charge in [-0.25, -0.2) is 9.97 Å². The molecule has 0 unspecified atom stereocenters. The summed E-state index contributed by atoms with van der Waals surface area (Å²) in [4.78, 5) is 21.9. The number of carbonyl (C=O) groups is 1. The van der Waals surface area contributed by atoms with E-state index >= 15 is 0 Å². The Hall–Kier alpha value is -2.54. The molecule has 0 saturated heterocycles. The fraction of sp³-hybridized carbons (Fsp3) is 0.400. The van der Waals surface area contributed by atoms with Crippen LogP contribution in [0.15, 0.2) is 18.3 Å². The topological polar surface area (TPSA) is 72.7 Å². The lowest BCUT2D eigenvalue weighted by molar-refractivity contribution is -0.116. The molecule has 0 bridgehead atoms. The summed E-state index contributed by atoms with van der Waals surface area (Å²) in [7, 11) is 1.86. The first-order valence-corrected chi connectivity index (χ1v) is 10.0. The molecule has 140 valence electrons. The molecule has 1 aliphatic rings. The number of carbonyl (C=O) groups excluding carboxylic acids is 1. The van der Waals surface area contributed by atoms with E-state index in [2.05, 4.69) is 34.9 Å². The predicted octanol–water partition coefficient (Wildman–Crippen LogP) is 3.92. The maximum absolute atomic E-state index is 11.5. The first-order chi connectivity index (χ1) is 13.0. The number of Topliss-reactive ketones (excluding diaryl/α,β-unsaturated/α-hetero) is 1. The molecule has 0 atom stereocenters. The van der Waals surface area contributed by atoms with E-state index in [4.69, 9.17) is 10.1 Å². The number of aromatic nitrogens is 4. The summed E-state index contributed by atoms with van der Waals surface area (Å²) in [5, 5.41) is 8.91. The monoisotopic (exact) mass is 381 g/mol. The average molecular weight is 382 g/mol. The summed E-state index contributed by atoms with van der Waals surface area (Å²) in [6, 6.07) is 4.28. The fourth-order valence-corrected chi connectivity index (χ4v) is 4.77. The lowest BCUT2D eigenvalue weighted by Crippen LogP contribution is -2.09. The number of rotatable bonds is 5. The number of anilines is 1. The molecule has 7 heteroatoms. The van der Waals surface area contributed by atoms with Gasteiger partial charge in [0.05, 0.1) is 28.4 Å². The molecule has 1 aliphatic carbocycles. The zero-order valence-electron chi connectivity index (χ0n) is 16.0. The van der Waals surface area contributed by atoms with Crippen molar-refractivity contribution in [2.75, 3.05) is 12.4 Å². The van der Waals surface area contributed by atoms with E-state index in [1.54, 1.807) is 18.3 Å². The SMILES string of the molecule is CNc1ccc(-c2nn(C(C)C)c3c2CCc2nc(CC(C)=O)sc2-3)cn1. The molecule has 27 heavy (non-hydrogen) atoms. The molecule has 0 radical (unpaired) electrons. The number of thiazole rings is 1. The van der Waals surface area contributed by atoms with Crippen molar-refractivity contribution >= 4 is 22.9 Å². The maximum atomic E-state index is 11.5. The summed E-state index contributed by atoms with van der Waals surface area (Å²) in [5.41, 5.74) is 5.54. The standard InChI is InChI=1S/C20H23N5OS/c1-11(2)25-19-14(18(24-25)13-5-8-16(21-4)22-10-13)6-7-15-20(19)27-17(23-15)9-12(3)26/h5,8,10-11H,6-7,9H2,1-4H3,(H,21,22). The summed E-state index contributed by atoms with van der Waals surface area (Å²) in [6.07, 6.45) is 4.07. The van der Waals surface area contributed by atoms with Gasteiger partial charge < -0.3 is 5.32 Å². The van der Waals surface area contributed by atoms with E-state index in [0.717, 1.165) is 46.3 Å². The molecule has 0 spiro atoms. The number of aryl methyl sites for hydroxylation is 1. The minimum absolute atomic E-state index is 0.148. The van der Waals surface area contributed by atoms with Crippen molar-refractivity contribution in [1.82, 2.24) is 19.7 Å². The van der Waals surface area contributed by atoms with Crippen molar-refractivity contribution in [2.24, 2.45) is 0 Å². The lowest BCUT2D eigenvalue weighted by atomic mass is 9.95. The van der Waals surface area contributed by atoms with Gasteiger partial charge in [-0.05, 0) is 45.7 Å². The molecule has 1 N–H and O–H groups in total. The summed E-state index contributed by atoms with van der Waals surface area (Å²) in [5.74, 6) is 0.990. The number of ketones is 1. The number of hydrogen-bond donors (Lipinski definition) is 1. The molecule has 0 aromatic carbocycles. The zero-order chi connectivity index (χ0) is 19.1. The second-order valence-electron chi connectivity index (χ2n) is 7.16. The summed E-state index contributed by atoms with van der Waals surface area (Å²) >= 11 is 1.63. The van der Waals surface area contributed by atoms with Crippen LogP contribution < -0.4 is 5.32 Å². The summed E-state index contributed by atoms with van der Waals surface area (Å²) in [6.45, 7) is 5.90. The third-order valence-corrected chi connectivity index (χ3v) is 5.86. The largest absolute Gasteiger partial charge is 0.373 e. The quantitative estimate of drug-likeness (QED) is 0.725. The Morgan fingerprint density at radius 3 is 2.78 bits per heavy atom. The lowest BCUT2D eigenvalue weighted by Gasteiger charge is -2.16. The van der Waals surface area contributed by atoms with Gasteiger partial charge in [0.25, 0.3) is 0 Å². The second-order valence-corrected chi connectivity index (χ2v) is 8.24. The Morgan fingerprint density at radius 2 is 2.15 bits per heavy atom. The first-order valence-electron chi connectivity index (χ1n) is 9.22. The minimum atomic E-state index is 0.148. The van der Waals surface area contributed by atoms with Crippen LogP contribution in [0.3, 0.4) is 0 Å². The zero-order valence-corrected chi connectivity index (χ0v) is 16.9. The highest BCUT2D eigenvalue weighted by atomic mass is 32.1. The van der Waals surface area contributed by atoms with Crippen LogP contribution in [0, 0.1) is 0 Å². The Morgan fingerprint density at radius 1 is 1.33 bits per heavy atom. The van der Waals surface area contributed by atoms with Crippen LogP contribution in [0.25, 0.3) is 21.8 Å². The molecule has 0 amide bonds. The van der Waals surface area contributed by atoms with Crippen LogP contribution in [-0.4, -0.2) is 32.6 Å². The van der Waals surface area contributed by atoms with Crippen molar-refractivity contribution in [3.63, 3.8) is 0 Å². The van der Waals surface area contributed by atoms with Gasteiger partial charge in [-0.2, -0.15) is 5.10 Å². The van der Waals surface area contributed by atoms with E-state index in [1.807, 2.05) is 19.3 Å². The third-order valence-electron chi connectivity index (χ3n) is 4.76. The minimum Gasteiger partial charge on any atom is -0.373 e. The van der Waals surface area contributed by atoms with Gasteiger partial charge in [-0.15, -0.1) is 11.3 Å². The first kappa shape index (κ1) is 17.9. The van der Waals surface area contributed by atoms with Crippen molar-refractivity contribution in [3.05, 3.63) is 34.6 Å². The van der Waals surface area contributed by atoms with E-state index < -0.39 is 0 Å². The van der Waals surface area contributed by atoms with Gasteiger partial charge in [0.2, 0.25) is 0 Å². The maximum Gasteiger partial charge on any atom is 0.136 e. The molecule has 3 heterocycles. The number of hydrogen-bond acceptors (Lipinski definition) is 6. The highest BCUT2D eigenvalue weighted by molar-refractivity contribution is 7.15. The molecule has 6 nitrogen and oxygen atoms in total. The van der Waals surface area contributed by atoms with Gasteiger partial charge in [0, 0.05) is 30.4 Å². The van der Waals surface area contributed by atoms with Crippen molar-refractivity contribution in [1.29, 1.82) is 0 Å². The molecular formula is C20H23N5OS. The third kappa shape index (κ3) is 3.16. The highest BCUT2D eigenvalue weighted by Gasteiger charge is 2.30. The Bertz CT molecular complexity index is 1000.